The van der Waals surface area contributed by atoms with Gasteiger partial charge in [-0.15, -0.1) is 10.2 Å². The van der Waals surface area contributed by atoms with Crippen LogP contribution in [-0.4, -0.2) is 31.1 Å². The first-order chi connectivity index (χ1) is 13.5. The van der Waals surface area contributed by atoms with E-state index in [0.717, 1.165) is 17.4 Å². The van der Waals surface area contributed by atoms with E-state index in [1.165, 1.54) is 0 Å². The number of hydrogen-bond acceptors (Lipinski definition) is 4. The summed E-state index contributed by atoms with van der Waals surface area (Å²) in [4.78, 5) is 13.2. The van der Waals surface area contributed by atoms with Gasteiger partial charge in [0.05, 0.1) is 5.69 Å². The van der Waals surface area contributed by atoms with Gasteiger partial charge in [-0.3, -0.25) is 4.79 Å². The lowest BCUT2D eigenvalue weighted by molar-refractivity contribution is 0.101. The number of carbonyl (C=O) groups is 1. The highest BCUT2D eigenvalue weighted by Gasteiger charge is 2.19. The molecule has 0 saturated heterocycles. The number of halogens is 1. The number of benzene rings is 2. The first-order valence-corrected chi connectivity index (χ1v) is 9.33. The highest BCUT2D eigenvalue weighted by atomic mass is 35.5. The maximum atomic E-state index is 13.2. The number of para-hydroxylation sites is 1. The second kappa shape index (κ2) is 7.44. The monoisotopic (exact) mass is 394 g/mol. The summed E-state index contributed by atoms with van der Waals surface area (Å²) in [5, 5.41) is 18.5. The Morgan fingerprint density at radius 2 is 2.04 bits per heavy atom. The zero-order chi connectivity index (χ0) is 19.7. The van der Waals surface area contributed by atoms with Crippen LogP contribution in [0.25, 0.3) is 22.3 Å². The van der Waals surface area contributed by atoms with Crippen LogP contribution in [0.2, 0.25) is 5.02 Å². The summed E-state index contributed by atoms with van der Waals surface area (Å²) in [7, 11) is 0. The van der Waals surface area contributed by atoms with Crippen LogP contribution in [0.1, 0.15) is 24.3 Å². The topological polar surface area (TPSA) is 88.5 Å². The number of rotatable bonds is 5. The molecule has 8 heteroatoms. The number of carbonyl (C=O) groups excluding carboxylic acids is 1. The molecule has 1 amide bonds. The van der Waals surface area contributed by atoms with Crippen molar-refractivity contribution in [3.05, 3.63) is 59.2 Å². The number of nitrogens with zero attached hydrogens (tertiary/aromatic N) is 4. The zero-order valence-corrected chi connectivity index (χ0v) is 16.2. The fourth-order valence-corrected chi connectivity index (χ4v) is 3.41. The highest BCUT2D eigenvalue weighted by Crippen LogP contribution is 2.29. The van der Waals surface area contributed by atoms with Gasteiger partial charge in [-0.25, -0.2) is 0 Å². The lowest BCUT2D eigenvalue weighted by Crippen LogP contribution is -2.19. The summed E-state index contributed by atoms with van der Waals surface area (Å²) in [6.45, 7) is 5.00. The van der Waals surface area contributed by atoms with Gasteiger partial charge in [0, 0.05) is 28.0 Å². The molecule has 0 radical (unpaired) electrons. The maximum Gasteiger partial charge on any atom is 0.272 e. The molecule has 7 nitrogen and oxygen atoms in total. The second-order valence-corrected chi connectivity index (χ2v) is 7.41. The van der Waals surface area contributed by atoms with Crippen molar-refractivity contribution >= 4 is 34.1 Å². The number of nitrogens with one attached hydrogen (secondary N) is 2. The lowest BCUT2D eigenvalue weighted by atomic mass is 10.1. The van der Waals surface area contributed by atoms with Crippen molar-refractivity contribution in [2.75, 3.05) is 5.32 Å². The third-order valence-electron chi connectivity index (χ3n) is 4.41. The molecular formula is C20H19ClN6O. The van der Waals surface area contributed by atoms with Gasteiger partial charge in [-0.2, -0.15) is 5.21 Å². The first kappa shape index (κ1) is 18.2. The van der Waals surface area contributed by atoms with Gasteiger partial charge in [0.15, 0.2) is 0 Å². The van der Waals surface area contributed by atoms with Gasteiger partial charge in [0.25, 0.3) is 5.91 Å². The molecular weight excluding hydrogens is 376 g/mol. The Hall–Kier alpha value is -3.19. The van der Waals surface area contributed by atoms with E-state index in [9.17, 15) is 4.79 Å². The van der Waals surface area contributed by atoms with Crippen LogP contribution >= 0.6 is 11.6 Å². The summed E-state index contributed by atoms with van der Waals surface area (Å²) < 4.78 is 2.05. The van der Waals surface area contributed by atoms with E-state index in [-0.39, 0.29) is 5.91 Å². The molecule has 0 atom stereocenters. The summed E-state index contributed by atoms with van der Waals surface area (Å²) in [5.41, 5.74) is 2.80. The summed E-state index contributed by atoms with van der Waals surface area (Å²) in [6, 6.07) is 15.1. The minimum Gasteiger partial charge on any atom is -0.336 e. The summed E-state index contributed by atoms with van der Waals surface area (Å²) in [5.74, 6) is 0.553. The number of fused-ring (bicyclic) bond motifs is 1. The SMILES string of the molecule is CC(C)Cn1c(C(=O)Nc2ccc(Cl)cc2-c2nn[nH]n2)cc2ccccc21. The molecule has 2 aromatic carbocycles. The van der Waals surface area contributed by atoms with Crippen LogP contribution < -0.4 is 5.32 Å². The number of anilines is 1. The number of hydrogen-bond donors (Lipinski definition) is 2. The average Bonchev–Trinajstić information content (AvgIpc) is 3.31. The van der Waals surface area contributed by atoms with Gasteiger partial charge in [0.2, 0.25) is 5.82 Å². The van der Waals surface area contributed by atoms with Gasteiger partial charge in [-0.1, -0.05) is 43.6 Å². The van der Waals surface area contributed by atoms with E-state index >= 15 is 0 Å². The lowest BCUT2D eigenvalue weighted by Gasteiger charge is -2.14. The third-order valence-corrected chi connectivity index (χ3v) is 4.64. The number of amides is 1. The molecule has 28 heavy (non-hydrogen) atoms. The van der Waals surface area contributed by atoms with Crippen LogP contribution in [0.15, 0.2) is 48.5 Å². The Labute approximate surface area is 166 Å². The van der Waals surface area contributed by atoms with Crippen molar-refractivity contribution in [3.63, 3.8) is 0 Å². The highest BCUT2D eigenvalue weighted by molar-refractivity contribution is 6.31. The quantitative estimate of drug-likeness (QED) is 0.525. The zero-order valence-electron chi connectivity index (χ0n) is 15.5. The molecule has 2 heterocycles. The first-order valence-electron chi connectivity index (χ1n) is 8.96. The molecule has 0 saturated carbocycles. The largest absolute Gasteiger partial charge is 0.336 e. The van der Waals surface area contributed by atoms with E-state index in [1.807, 2.05) is 30.3 Å². The molecule has 2 N–H and O–H groups in total. The van der Waals surface area contributed by atoms with E-state index in [0.29, 0.717) is 33.7 Å². The van der Waals surface area contributed by atoms with Crippen molar-refractivity contribution < 1.29 is 4.79 Å². The Morgan fingerprint density at radius 3 is 2.79 bits per heavy atom. The predicted molar refractivity (Wildman–Crippen MR) is 109 cm³/mol. The minimum absolute atomic E-state index is 0.205. The smallest absolute Gasteiger partial charge is 0.272 e. The van der Waals surface area contributed by atoms with Crippen LogP contribution in [0.3, 0.4) is 0 Å². The Balaban J connectivity index is 1.74. The minimum atomic E-state index is -0.205. The molecule has 0 bridgehead atoms. The van der Waals surface area contributed by atoms with Crippen LogP contribution in [0.4, 0.5) is 5.69 Å². The van der Waals surface area contributed by atoms with Crippen molar-refractivity contribution in [3.8, 4) is 11.4 Å². The number of aromatic nitrogens is 5. The average molecular weight is 395 g/mol. The summed E-state index contributed by atoms with van der Waals surface area (Å²) >= 11 is 6.12. The number of aromatic amines is 1. The van der Waals surface area contributed by atoms with E-state index in [4.69, 9.17) is 11.6 Å². The molecule has 0 aliphatic rings. The number of tetrazole rings is 1. The summed E-state index contributed by atoms with van der Waals surface area (Å²) in [6.07, 6.45) is 0. The van der Waals surface area contributed by atoms with E-state index in [2.05, 4.69) is 44.4 Å². The molecule has 2 aromatic heterocycles. The van der Waals surface area contributed by atoms with Crippen molar-refractivity contribution in [1.29, 1.82) is 0 Å². The predicted octanol–water partition coefficient (Wildman–Crippen LogP) is 4.38. The molecule has 0 fully saturated rings. The molecule has 4 aromatic rings. The second-order valence-electron chi connectivity index (χ2n) is 6.97. The van der Waals surface area contributed by atoms with Gasteiger partial charge in [0.1, 0.15) is 5.69 Å². The Bertz CT molecular complexity index is 1130. The Morgan fingerprint density at radius 1 is 1.21 bits per heavy atom. The molecule has 0 aliphatic carbocycles. The van der Waals surface area contributed by atoms with Crippen molar-refractivity contribution in [1.82, 2.24) is 25.2 Å². The molecule has 4 rings (SSSR count). The van der Waals surface area contributed by atoms with Crippen LogP contribution in [-0.2, 0) is 6.54 Å². The van der Waals surface area contributed by atoms with Crippen LogP contribution in [0.5, 0.6) is 0 Å². The fraction of sp³-hybridized carbons (Fsp3) is 0.200. The molecule has 142 valence electrons. The third kappa shape index (κ3) is 3.48. The van der Waals surface area contributed by atoms with E-state index < -0.39 is 0 Å². The number of H-pyrrole nitrogens is 1. The van der Waals surface area contributed by atoms with Crippen LogP contribution in [0, 0.1) is 5.92 Å². The van der Waals surface area contributed by atoms with Gasteiger partial charge < -0.3 is 9.88 Å². The molecule has 0 spiro atoms. The molecule has 0 unspecified atom stereocenters. The van der Waals surface area contributed by atoms with Crippen molar-refractivity contribution in [2.45, 2.75) is 20.4 Å². The van der Waals surface area contributed by atoms with Crippen molar-refractivity contribution in [2.24, 2.45) is 5.92 Å². The maximum absolute atomic E-state index is 13.2. The van der Waals surface area contributed by atoms with Gasteiger partial charge in [-0.05, 0) is 41.5 Å². The normalized spacial score (nSPS) is 11.3. The fourth-order valence-electron chi connectivity index (χ4n) is 3.23. The Kier molecular flexibility index (Phi) is 4.83. The standard InChI is InChI=1S/C20H19ClN6O/c1-12(2)11-27-17-6-4-3-5-13(17)9-18(27)20(28)22-16-8-7-14(21)10-15(16)19-23-25-26-24-19/h3-10,12H,11H2,1-2H3,(H,22,28)(H,23,24,25,26). The van der Waals surface area contributed by atoms with Gasteiger partial charge >= 0.3 is 0 Å². The molecule has 0 aliphatic heterocycles. The van der Waals surface area contributed by atoms with E-state index in [1.54, 1.807) is 18.2 Å².